The summed E-state index contributed by atoms with van der Waals surface area (Å²) >= 11 is 1.44. The smallest absolute Gasteiger partial charge is 0.162 e. The average Bonchev–Trinajstić information content (AvgIpc) is 2.88. The van der Waals surface area contributed by atoms with Gasteiger partial charge in [0.15, 0.2) is 11.6 Å². The minimum Gasteiger partial charge on any atom is -0.488 e. The monoisotopic (exact) mass is 382 g/mol. The Morgan fingerprint density at radius 1 is 1.27 bits per heavy atom. The highest BCUT2D eigenvalue weighted by molar-refractivity contribution is 7.11. The van der Waals surface area contributed by atoms with Gasteiger partial charge in [0.1, 0.15) is 23.0 Å². The fourth-order valence-electron chi connectivity index (χ4n) is 3.18. The van der Waals surface area contributed by atoms with Crippen molar-refractivity contribution in [2.24, 2.45) is 0 Å². The lowest BCUT2D eigenvalue weighted by atomic mass is 9.96. The third-order valence-corrected chi connectivity index (χ3v) is 6.23. The van der Waals surface area contributed by atoms with Gasteiger partial charge in [0.2, 0.25) is 0 Å². The minimum atomic E-state index is -0.933. The van der Waals surface area contributed by atoms with Crippen LogP contribution in [0, 0.1) is 18.6 Å². The Morgan fingerprint density at radius 3 is 2.81 bits per heavy atom. The van der Waals surface area contributed by atoms with E-state index in [1.54, 1.807) is 0 Å². The van der Waals surface area contributed by atoms with E-state index in [2.05, 4.69) is 16.8 Å². The molecule has 1 aromatic carbocycles. The molecule has 4 nitrogen and oxygen atoms in total. The van der Waals surface area contributed by atoms with Gasteiger partial charge in [-0.05, 0) is 51.4 Å². The van der Waals surface area contributed by atoms with Crippen molar-refractivity contribution in [3.8, 4) is 5.75 Å². The molecule has 1 aromatic heterocycles. The summed E-state index contributed by atoms with van der Waals surface area (Å²) in [5, 5.41) is 11.8. The summed E-state index contributed by atoms with van der Waals surface area (Å²) in [6.45, 7) is 7.06. The number of aromatic nitrogens is 1. The first kappa shape index (κ1) is 19.2. The maximum atomic E-state index is 13.3. The molecular weight excluding hydrogens is 358 g/mol. The van der Waals surface area contributed by atoms with E-state index in [0.29, 0.717) is 12.8 Å². The number of ether oxygens (including phenoxy) is 1. The normalized spacial score (nSPS) is 21.6. The van der Waals surface area contributed by atoms with Crippen LogP contribution in [0.5, 0.6) is 5.75 Å². The zero-order valence-corrected chi connectivity index (χ0v) is 15.9. The Morgan fingerprint density at radius 2 is 2.08 bits per heavy atom. The maximum absolute atomic E-state index is 13.3. The molecule has 1 fully saturated rings. The van der Waals surface area contributed by atoms with Crippen LogP contribution in [-0.2, 0) is 12.2 Å². The number of aryl methyl sites for hydroxylation is 1. The Balaban J connectivity index is 1.71. The van der Waals surface area contributed by atoms with Gasteiger partial charge >= 0.3 is 0 Å². The van der Waals surface area contributed by atoms with Gasteiger partial charge in [-0.25, -0.2) is 13.8 Å². The van der Waals surface area contributed by atoms with E-state index in [0.717, 1.165) is 53.8 Å². The van der Waals surface area contributed by atoms with Crippen molar-refractivity contribution in [2.75, 3.05) is 19.6 Å². The number of halogens is 2. The summed E-state index contributed by atoms with van der Waals surface area (Å²) in [5.41, 5.74) is -0.0999. The molecule has 3 rings (SSSR count). The predicted molar refractivity (Wildman–Crippen MR) is 97.4 cm³/mol. The molecule has 1 atom stereocenters. The van der Waals surface area contributed by atoms with Crippen molar-refractivity contribution >= 4 is 11.3 Å². The van der Waals surface area contributed by atoms with Crippen LogP contribution in [0.2, 0.25) is 0 Å². The molecule has 2 heterocycles. The molecular formula is C19H24F2N2O2S. The summed E-state index contributed by atoms with van der Waals surface area (Å²) in [6.07, 6.45) is 2.29. The van der Waals surface area contributed by atoms with E-state index in [9.17, 15) is 13.9 Å². The Kier molecular flexibility index (Phi) is 5.89. The van der Waals surface area contributed by atoms with Crippen LogP contribution in [0.3, 0.4) is 0 Å². The lowest BCUT2D eigenvalue weighted by molar-refractivity contribution is 0.0210. The van der Waals surface area contributed by atoms with Gasteiger partial charge in [-0.15, -0.1) is 11.3 Å². The topological polar surface area (TPSA) is 45.6 Å². The van der Waals surface area contributed by atoms with Crippen LogP contribution < -0.4 is 4.74 Å². The molecule has 1 aliphatic heterocycles. The van der Waals surface area contributed by atoms with E-state index in [1.165, 1.54) is 17.4 Å². The fourth-order valence-corrected chi connectivity index (χ4v) is 4.30. The van der Waals surface area contributed by atoms with Crippen molar-refractivity contribution in [3.05, 3.63) is 45.4 Å². The van der Waals surface area contributed by atoms with Crippen LogP contribution in [0.4, 0.5) is 8.78 Å². The van der Waals surface area contributed by atoms with Crippen molar-refractivity contribution < 1.29 is 18.6 Å². The number of nitrogens with zero attached hydrogens (tertiary/aromatic N) is 2. The quantitative estimate of drug-likeness (QED) is 0.849. The molecule has 26 heavy (non-hydrogen) atoms. The van der Waals surface area contributed by atoms with E-state index < -0.39 is 17.2 Å². The highest BCUT2D eigenvalue weighted by Crippen LogP contribution is 2.36. The summed E-state index contributed by atoms with van der Waals surface area (Å²) in [7, 11) is 0. The molecule has 0 aliphatic carbocycles. The van der Waals surface area contributed by atoms with Gasteiger partial charge in [-0.2, -0.15) is 0 Å². The van der Waals surface area contributed by atoms with E-state index in [-0.39, 0.29) is 12.4 Å². The molecule has 0 amide bonds. The van der Waals surface area contributed by atoms with Crippen LogP contribution >= 0.6 is 11.3 Å². The molecule has 0 bridgehead atoms. The fraction of sp³-hybridized carbons (Fsp3) is 0.526. The number of benzene rings is 1. The zero-order chi connectivity index (χ0) is 18.7. The molecule has 2 aromatic rings. The summed E-state index contributed by atoms with van der Waals surface area (Å²) in [5.74, 6) is -1.56. The number of hydrogen-bond acceptors (Lipinski definition) is 5. The van der Waals surface area contributed by atoms with Crippen LogP contribution in [0.15, 0.2) is 18.2 Å². The van der Waals surface area contributed by atoms with Gasteiger partial charge in [-0.1, -0.05) is 6.92 Å². The lowest BCUT2D eigenvalue weighted by Gasteiger charge is -2.24. The number of rotatable bonds is 5. The Hall–Kier alpha value is -1.57. The number of aliphatic hydroxyl groups is 1. The second-order valence-electron chi connectivity index (χ2n) is 6.71. The summed E-state index contributed by atoms with van der Waals surface area (Å²) in [6, 6.07) is 3.47. The van der Waals surface area contributed by atoms with E-state index in [1.807, 2.05) is 6.92 Å². The van der Waals surface area contributed by atoms with E-state index >= 15 is 0 Å². The van der Waals surface area contributed by atoms with E-state index in [4.69, 9.17) is 4.74 Å². The maximum Gasteiger partial charge on any atom is 0.162 e. The van der Waals surface area contributed by atoms with Crippen molar-refractivity contribution in [1.82, 2.24) is 9.88 Å². The van der Waals surface area contributed by atoms with Crippen LogP contribution in [0.25, 0.3) is 0 Å². The highest BCUT2D eigenvalue weighted by atomic mass is 32.1. The van der Waals surface area contributed by atoms with Crippen molar-refractivity contribution in [2.45, 2.75) is 45.3 Å². The van der Waals surface area contributed by atoms with Gasteiger partial charge in [0, 0.05) is 12.6 Å². The van der Waals surface area contributed by atoms with Gasteiger partial charge in [0.05, 0.1) is 10.6 Å². The molecule has 1 aliphatic rings. The Labute approximate surface area is 156 Å². The second kappa shape index (κ2) is 7.98. The predicted octanol–water partition coefficient (Wildman–Crippen LogP) is 4.00. The third-order valence-electron chi connectivity index (χ3n) is 4.91. The minimum absolute atomic E-state index is 0.214. The molecule has 1 N–H and O–H groups in total. The molecule has 7 heteroatoms. The standard InChI is InChI=1S/C19H24F2N2O2S/c1-3-23-9-4-7-19(24,8-10-23)18-22-13(2)17(26-18)12-25-14-5-6-15(20)16(21)11-14/h5-6,11,24H,3-4,7-10,12H2,1-2H3. The van der Waals surface area contributed by atoms with Crippen LogP contribution in [-0.4, -0.2) is 34.6 Å². The van der Waals surface area contributed by atoms with Gasteiger partial charge in [-0.3, -0.25) is 0 Å². The molecule has 0 saturated carbocycles. The van der Waals surface area contributed by atoms with Crippen molar-refractivity contribution in [1.29, 1.82) is 0 Å². The second-order valence-corrected chi connectivity index (χ2v) is 7.80. The van der Waals surface area contributed by atoms with Crippen LogP contribution in [0.1, 0.15) is 41.8 Å². The first-order valence-electron chi connectivity index (χ1n) is 8.90. The molecule has 1 saturated heterocycles. The highest BCUT2D eigenvalue weighted by Gasteiger charge is 2.35. The van der Waals surface area contributed by atoms with Gasteiger partial charge in [0.25, 0.3) is 0 Å². The summed E-state index contributed by atoms with van der Waals surface area (Å²) in [4.78, 5) is 7.80. The third kappa shape index (κ3) is 4.22. The molecule has 0 spiro atoms. The first-order valence-corrected chi connectivity index (χ1v) is 9.72. The Bertz CT molecular complexity index is 768. The first-order chi connectivity index (χ1) is 12.4. The number of hydrogen-bond donors (Lipinski definition) is 1. The zero-order valence-electron chi connectivity index (χ0n) is 15.1. The SMILES string of the molecule is CCN1CCCC(O)(c2nc(C)c(COc3ccc(F)c(F)c3)s2)CC1. The van der Waals surface area contributed by atoms with Gasteiger partial charge < -0.3 is 14.7 Å². The largest absolute Gasteiger partial charge is 0.488 e. The molecule has 142 valence electrons. The molecule has 0 radical (unpaired) electrons. The lowest BCUT2D eigenvalue weighted by Crippen LogP contribution is -2.29. The number of likely N-dealkylation sites (tertiary alicyclic amines) is 1. The average molecular weight is 382 g/mol. The van der Waals surface area contributed by atoms with Crippen molar-refractivity contribution in [3.63, 3.8) is 0 Å². The molecule has 1 unspecified atom stereocenters. The summed E-state index contributed by atoms with van der Waals surface area (Å²) < 4.78 is 31.8. The number of thiazole rings is 1.